The number of hydrogen-bond acceptors (Lipinski definition) is 4. The molecule has 6 rings (SSSR count). The minimum absolute atomic E-state index is 0.0291. The van der Waals surface area contributed by atoms with Crippen LogP contribution in [0.1, 0.15) is 34.9 Å². The summed E-state index contributed by atoms with van der Waals surface area (Å²) in [5, 5.41) is 4.51. The van der Waals surface area contributed by atoms with Gasteiger partial charge in [0.2, 0.25) is 0 Å². The summed E-state index contributed by atoms with van der Waals surface area (Å²) < 4.78 is 1.75. The highest BCUT2D eigenvalue weighted by atomic mass is 16.2. The second-order valence-electron chi connectivity index (χ2n) is 8.22. The second kappa shape index (κ2) is 7.60. The third-order valence-corrected chi connectivity index (χ3v) is 6.20. The number of amides is 1. The van der Waals surface area contributed by atoms with Gasteiger partial charge in [0, 0.05) is 30.8 Å². The molecule has 1 saturated heterocycles. The SMILES string of the molecule is O=C(c1cnn2c(-c3ccccc3)ccnc12)N1CCC[C@@H](c2nc3ccccc3[nH]2)C1. The number of imidazole rings is 1. The van der Waals surface area contributed by atoms with Gasteiger partial charge in [-0.3, -0.25) is 4.79 Å². The number of likely N-dealkylation sites (tertiary alicyclic amines) is 1. The summed E-state index contributed by atoms with van der Waals surface area (Å²) in [7, 11) is 0. The van der Waals surface area contributed by atoms with E-state index in [0.29, 0.717) is 17.8 Å². The molecule has 1 aliphatic rings. The van der Waals surface area contributed by atoms with Crippen LogP contribution in [0.3, 0.4) is 0 Å². The highest BCUT2D eigenvalue weighted by Crippen LogP contribution is 2.28. The lowest BCUT2D eigenvalue weighted by Gasteiger charge is -2.31. The molecule has 0 radical (unpaired) electrons. The van der Waals surface area contributed by atoms with Gasteiger partial charge in [0.15, 0.2) is 5.65 Å². The summed E-state index contributed by atoms with van der Waals surface area (Å²) in [4.78, 5) is 28.1. The van der Waals surface area contributed by atoms with E-state index in [0.717, 1.165) is 47.5 Å². The first kappa shape index (κ1) is 18.7. The van der Waals surface area contributed by atoms with Gasteiger partial charge in [-0.1, -0.05) is 42.5 Å². The Morgan fingerprint density at radius 1 is 1.03 bits per heavy atom. The lowest BCUT2D eigenvalue weighted by molar-refractivity contribution is 0.0706. The quantitative estimate of drug-likeness (QED) is 0.470. The van der Waals surface area contributed by atoms with E-state index in [2.05, 4.69) is 15.1 Å². The fourth-order valence-corrected chi connectivity index (χ4v) is 4.59. The Kier molecular flexibility index (Phi) is 4.45. The number of H-pyrrole nitrogens is 1. The standard InChI is InChI=1S/C25H22N6O/c32-25(19-15-27-31-22(12-13-26-24(19)31)17-7-2-1-3-8-17)30-14-6-9-18(16-30)23-28-20-10-4-5-11-21(20)29-23/h1-5,7-8,10-13,15,18H,6,9,14,16H2,(H,28,29)/t18-/m1/s1. The Bertz CT molecular complexity index is 1390. The fourth-order valence-electron chi connectivity index (χ4n) is 4.59. The van der Waals surface area contributed by atoms with Crippen molar-refractivity contribution in [3.63, 3.8) is 0 Å². The summed E-state index contributed by atoms with van der Waals surface area (Å²) in [6, 6.07) is 20.0. The van der Waals surface area contributed by atoms with Crippen LogP contribution in [0.2, 0.25) is 0 Å². The van der Waals surface area contributed by atoms with E-state index in [9.17, 15) is 4.79 Å². The smallest absolute Gasteiger partial charge is 0.259 e. The van der Waals surface area contributed by atoms with Gasteiger partial charge in [-0.2, -0.15) is 5.10 Å². The van der Waals surface area contributed by atoms with E-state index < -0.39 is 0 Å². The van der Waals surface area contributed by atoms with E-state index in [-0.39, 0.29) is 11.8 Å². The number of benzene rings is 2. The van der Waals surface area contributed by atoms with Crippen molar-refractivity contribution < 1.29 is 4.79 Å². The maximum absolute atomic E-state index is 13.5. The number of para-hydroxylation sites is 2. The van der Waals surface area contributed by atoms with E-state index in [4.69, 9.17) is 4.98 Å². The minimum Gasteiger partial charge on any atom is -0.342 e. The number of rotatable bonds is 3. The first-order valence-electron chi connectivity index (χ1n) is 10.9. The zero-order chi connectivity index (χ0) is 21.5. The molecule has 7 heteroatoms. The van der Waals surface area contributed by atoms with Gasteiger partial charge in [0.1, 0.15) is 11.4 Å². The molecule has 0 unspecified atom stereocenters. The third-order valence-electron chi connectivity index (χ3n) is 6.20. The number of piperidine rings is 1. The predicted molar refractivity (Wildman–Crippen MR) is 122 cm³/mol. The zero-order valence-electron chi connectivity index (χ0n) is 17.5. The first-order valence-corrected chi connectivity index (χ1v) is 10.9. The summed E-state index contributed by atoms with van der Waals surface area (Å²) in [6.07, 6.45) is 5.33. The Labute approximate surface area is 184 Å². The summed E-state index contributed by atoms with van der Waals surface area (Å²) >= 11 is 0. The Balaban J connectivity index is 1.30. The number of nitrogens with zero attached hydrogens (tertiary/aromatic N) is 5. The first-order chi connectivity index (χ1) is 15.8. The number of fused-ring (bicyclic) bond motifs is 2. The van der Waals surface area contributed by atoms with Crippen LogP contribution in [0.5, 0.6) is 0 Å². The maximum Gasteiger partial charge on any atom is 0.259 e. The minimum atomic E-state index is -0.0291. The molecule has 0 bridgehead atoms. The highest BCUT2D eigenvalue weighted by molar-refractivity contribution is 6.00. The van der Waals surface area contributed by atoms with Crippen LogP contribution < -0.4 is 0 Å². The van der Waals surface area contributed by atoms with Crippen molar-refractivity contribution in [2.75, 3.05) is 13.1 Å². The van der Waals surface area contributed by atoms with E-state index in [1.54, 1.807) is 16.9 Å². The summed E-state index contributed by atoms with van der Waals surface area (Å²) in [5.74, 6) is 1.11. The predicted octanol–water partition coefficient (Wildman–Crippen LogP) is 4.29. The van der Waals surface area contributed by atoms with Crippen molar-refractivity contribution in [3.05, 3.63) is 84.4 Å². The molecule has 1 atom stereocenters. The largest absolute Gasteiger partial charge is 0.342 e. The molecule has 1 fully saturated rings. The van der Waals surface area contributed by atoms with Crippen LogP contribution in [0.4, 0.5) is 0 Å². The summed E-state index contributed by atoms with van der Waals surface area (Å²) in [6.45, 7) is 1.36. The molecule has 7 nitrogen and oxygen atoms in total. The lowest BCUT2D eigenvalue weighted by Crippen LogP contribution is -2.39. The Morgan fingerprint density at radius 2 is 1.88 bits per heavy atom. The second-order valence-corrected chi connectivity index (χ2v) is 8.22. The molecular weight excluding hydrogens is 400 g/mol. The average molecular weight is 422 g/mol. The molecule has 1 N–H and O–H groups in total. The van der Waals surface area contributed by atoms with Crippen molar-refractivity contribution >= 4 is 22.6 Å². The summed E-state index contributed by atoms with van der Waals surface area (Å²) in [5.41, 5.74) is 5.06. The molecule has 2 aromatic carbocycles. The van der Waals surface area contributed by atoms with Gasteiger partial charge < -0.3 is 9.88 Å². The normalized spacial score (nSPS) is 16.6. The molecule has 32 heavy (non-hydrogen) atoms. The van der Waals surface area contributed by atoms with E-state index >= 15 is 0 Å². The van der Waals surface area contributed by atoms with E-state index in [1.165, 1.54) is 0 Å². The van der Waals surface area contributed by atoms with Gasteiger partial charge in [0.05, 0.1) is 22.9 Å². The number of hydrogen-bond donors (Lipinski definition) is 1. The van der Waals surface area contributed by atoms with Gasteiger partial charge in [-0.25, -0.2) is 14.5 Å². The molecule has 0 spiro atoms. The van der Waals surface area contributed by atoms with Crippen LogP contribution in [-0.2, 0) is 0 Å². The van der Waals surface area contributed by atoms with Crippen molar-refractivity contribution in [1.29, 1.82) is 0 Å². The molecule has 0 aliphatic carbocycles. The zero-order valence-corrected chi connectivity index (χ0v) is 17.5. The van der Waals surface area contributed by atoms with Gasteiger partial charge in [-0.05, 0) is 31.0 Å². The molecule has 3 aromatic heterocycles. The number of aromatic nitrogens is 5. The third kappa shape index (κ3) is 3.13. The van der Waals surface area contributed by atoms with Gasteiger partial charge in [-0.15, -0.1) is 0 Å². The van der Waals surface area contributed by atoms with Crippen LogP contribution >= 0.6 is 0 Å². The average Bonchev–Trinajstić information content (AvgIpc) is 3.49. The van der Waals surface area contributed by atoms with E-state index in [1.807, 2.05) is 65.6 Å². The van der Waals surface area contributed by atoms with Crippen LogP contribution in [0, 0.1) is 0 Å². The number of carbonyl (C=O) groups excluding carboxylic acids is 1. The Morgan fingerprint density at radius 3 is 2.75 bits per heavy atom. The van der Waals surface area contributed by atoms with Crippen LogP contribution in [-0.4, -0.2) is 48.5 Å². The van der Waals surface area contributed by atoms with Crippen molar-refractivity contribution in [3.8, 4) is 11.3 Å². The van der Waals surface area contributed by atoms with Crippen LogP contribution in [0.15, 0.2) is 73.1 Å². The molecular formula is C25H22N6O. The molecule has 1 amide bonds. The topological polar surface area (TPSA) is 79.2 Å². The highest BCUT2D eigenvalue weighted by Gasteiger charge is 2.29. The molecule has 1 aliphatic heterocycles. The van der Waals surface area contributed by atoms with Crippen molar-refractivity contribution in [1.82, 2.24) is 29.5 Å². The number of carbonyl (C=O) groups is 1. The van der Waals surface area contributed by atoms with Gasteiger partial charge >= 0.3 is 0 Å². The molecule has 158 valence electrons. The van der Waals surface area contributed by atoms with Crippen LogP contribution in [0.25, 0.3) is 27.9 Å². The van der Waals surface area contributed by atoms with Crippen molar-refractivity contribution in [2.45, 2.75) is 18.8 Å². The maximum atomic E-state index is 13.5. The lowest BCUT2D eigenvalue weighted by atomic mass is 9.97. The van der Waals surface area contributed by atoms with Crippen molar-refractivity contribution in [2.24, 2.45) is 0 Å². The molecule has 4 heterocycles. The van der Waals surface area contributed by atoms with Gasteiger partial charge in [0.25, 0.3) is 5.91 Å². The number of nitrogens with one attached hydrogen (secondary N) is 1. The fraction of sp³-hybridized carbons (Fsp3) is 0.200. The monoisotopic (exact) mass is 422 g/mol. The molecule has 0 saturated carbocycles. The number of aromatic amines is 1. The molecule has 5 aromatic rings. The Hall–Kier alpha value is -4.00.